The monoisotopic (exact) mass is 438 g/mol. The first-order valence-electron chi connectivity index (χ1n) is 10.9. The lowest BCUT2D eigenvalue weighted by molar-refractivity contribution is -0.849. The van der Waals surface area contributed by atoms with E-state index in [1.165, 1.54) is 0 Å². The van der Waals surface area contributed by atoms with Crippen molar-refractivity contribution in [2.75, 3.05) is 40.0 Å². The van der Waals surface area contributed by atoms with E-state index in [2.05, 4.69) is 22.2 Å². The van der Waals surface area contributed by atoms with Crippen molar-refractivity contribution in [2.45, 2.75) is 19.4 Å². The highest BCUT2D eigenvalue weighted by Crippen LogP contribution is 2.36. The number of aromatic nitrogens is 2. The lowest BCUT2D eigenvalue weighted by Crippen LogP contribution is -2.43. The maximum Gasteiger partial charge on any atom is 0.258 e. The van der Waals surface area contributed by atoms with Gasteiger partial charge in [0.05, 0.1) is 24.9 Å². The number of aryl methyl sites for hydroxylation is 1. The van der Waals surface area contributed by atoms with Crippen molar-refractivity contribution in [1.29, 1.82) is 0 Å². The molecule has 2 saturated heterocycles. The number of nitroso groups, excluding NO2 is 1. The maximum atomic E-state index is 11.3. The van der Waals surface area contributed by atoms with E-state index in [0.29, 0.717) is 11.5 Å². The smallest absolute Gasteiger partial charge is 0.258 e. The molecular weight excluding hydrogens is 410 g/mol. The normalized spacial score (nSPS) is 19.0. The van der Waals surface area contributed by atoms with Crippen LogP contribution in [0.3, 0.4) is 0 Å². The summed E-state index contributed by atoms with van der Waals surface area (Å²) < 4.78 is 20.8. The van der Waals surface area contributed by atoms with Gasteiger partial charge in [0.1, 0.15) is 18.8 Å². The fraction of sp³-hybridized carbons (Fsp3) is 0.435. The average Bonchev–Trinajstić information content (AvgIpc) is 3.73. The third-order valence-electron chi connectivity index (χ3n) is 6.29. The average molecular weight is 439 g/mol. The number of nitrogens with zero attached hydrogens (tertiary/aromatic N) is 5. The van der Waals surface area contributed by atoms with E-state index in [0.717, 1.165) is 47.1 Å². The quantitative estimate of drug-likeness (QED) is 0.207. The van der Waals surface area contributed by atoms with Crippen LogP contribution in [0.5, 0.6) is 11.5 Å². The van der Waals surface area contributed by atoms with Crippen molar-refractivity contribution in [3.8, 4) is 11.5 Å². The van der Waals surface area contributed by atoms with Crippen LogP contribution in [0.2, 0.25) is 0 Å². The highest BCUT2D eigenvalue weighted by molar-refractivity contribution is 5.80. The summed E-state index contributed by atoms with van der Waals surface area (Å²) >= 11 is 0. The Balaban J connectivity index is 1.27. The maximum absolute atomic E-state index is 11.3. The minimum atomic E-state index is -0.230. The van der Waals surface area contributed by atoms with Crippen LogP contribution >= 0.6 is 0 Å². The first-order valence-corrected chi connectivity index (χ1v) is 10.9. The number of likely N-dealkylation sites (N-methyl/N-ethyl adjacent to an activating group) is 1. The second-order valence-corrected chi connectivity index (χ2v) is 8.79. The zero-order chi connectivity index (χ0) is 22.3. The molecule has 2 aliphatic rings. The molecule has 9 heteroatoms. The van der Waals surface area contributed by atoms with Gasteiger partial charge in [0.25, 0.3) is 6.35 Å². The van der Waals surface area contributed by atoms with E-state index in [-0.39, 0.29) is 24.9 Å². The highest BCUT2D eigenvalue weighted by atomic mass is 16.7. The molecule has 1 aromatic heterocycles. The Bertz CT molecular complexity index is 1140. The van der Waals surface area contributed by atoms with Crippen LogP contribution in [-0.4, -0.2) is 65.5 Å². The zero-order valence-electron chi connectivity index (χ0n) is 18.6. The van der Waals surface area contributed by atoms with E-state index >= 15 is 0 Å². The van der Waals surface area contributed by atoms with E-state index in [1.807, 2.05) is 38.2 Å². The molecule has 0 aliphatic carbocycles. The van der Waals surface area contributed by atoms with E-state index < -0.39 is 0 Å². The van der Waals surface area contributed by atoms with Crippen LogP contribution < -0.4 is 4.74 Å². The van der Waals surface area contributed by atoms with Crippen LogP contribution in [0.1, 0.15) is 18.6 Å². The number of rotatable bonds is 10. The van der Waals surface area contributed by atoms with Crippen LogP contribution in [0.25, 0.3) is 10.9 Å². The minimum Gasteiger partial charge on any atom is -0.455 e. The third-order valence-corrected chi connectivity index (χ3v) is 6.29. The summed E-state index contributed by atoms with van der Waals surface area (Å²) in [6, 6.07) is 11.0. The molecule has 2 aromatic carbocycles. The first kappa shape index (κ1) is 21.0. The first-order chi connectivity index (χ1) is 15.5. The Morgan fingerprint density at radius 1 is 1.16 bits per heavy atom. The Labute approximate surface area is 186 Å². The minimum absolute atomic E-state index is 0.0738. The molecule has 2 unspecified atom stereocenters. The van der Waals surface area contributed by atoms with Gasteiger partial charge in [0.2, 0.25) is 0 Å². The van der Waals surface area contributed by atoms with Gasteiger partial charge < -0.3 is 9.47 Å². The van der Waals surface area contributed by atoms with Crippen molar-refractivity contribution in [3.05, 3.63) is 53.1 Å². The molecule has 0 radical (unpaired) electrons. The molecule has 32 heavy (non-hydrogen) atoms. The lowest BCUT2D eigenvalue weighted by atomic mass is 10.1. The molecule has 2 aliphatic heterocycles. The van der Waals surface area contributed by atoms with Gasteiger partial charge in [-0.05, 0) is 41.9 Å². The predicted molar refractivity (Wildman–Crippen MR) is 119 cm³/mol. The molecule has 3 aromatic rings. The summed E-state index contributed by atoms with van der Waals surface area (Å²) in [5, 5.41) is 8.38. The summed E-state index contributed by atoms with van der Waals surface area (Å²) in [4.78, 5) is 13.7. The largest absolute Gasteiger partial charge is 0.455 e. The van der Waals surface area contributed by atoms with Crippen LogP contribution in [0.4, 0.5) is 5.69 Å². The summed E-state index contributed by atoms with van der Waals surface area (Å²) in [7, 11) is 4.09. The molecule has 0 spiro atoms. The molecule has 0 N–H and O–H groups in total. The SMILES string of the molecule is CC(OCOC(N1CC1)[N+]1(C)CC1)c1ccc(N=O)c(Oc2ccc3cnn(C)c3c2)c1. The van der Waals surface area contributed by atoms with Crippen LogP contribution in [0, 0.1) is 4.91 Å². The standard InChI is InChI=1S/C23H28N5O4/c1-16(30-15-31-23(27-8-9-27)28(3)10-11-28)17-5-7-20(25-29)22(12-17)32-19-6-4-18-14-24-26(2)21(18)13-19/h4-7,12-14,16,23H,8-11,15H2,1-3H3/q+1. The Morgan fingerprint density at radius 3 is 2.69 bits per heavy atom. The molecule has 5 rings (SSSR count). The summed E-state index contributed by atoms with van der Waals surface area (Å²) in [6.07, 6.45) is 1.64. The van der Waals surface area contributed by atoms with Crippen molar-refractivity contribution < 1.29 is 18.7 Å². The molecule has 2 atom stereocenters. The van der Waals surface area contributed by atoms with Crippen molar-refractivity contribution in [3.63, 3.8) is 0 Å². The van der Waals surface area contributed by atoms with Gasteiger partial charge in [0.15, 0.2) is 18.2 Å². The van der Waals surface area contributed by atoms with E-state index in [1.54, 1.807) is 23.0 Å². The number of hydrogen-bond donors (Lipinski definition) is 0. The number of fused-ring (bicyclic) bond motifs is 1. The van der Waals surface area contributed by atoms with Crippen molar-refractivity contribution in [1.82, 2.24) is 14.7 Å². The third kappa shape index (κ3) is 4.24. The fourth-order valence-electron chi connectivity index (χ4n) is 3.89. The van der Waals surface area contributed by atoms with Gasteiger partial charge >= 0.3 is 0 Å². The Morgan fingerprint density at radius 2 is 1.97 bits per heavy atom. The van der Waals surface area contributed by atoms with Crippen LogP contribution in [-0.2, 0) is 16.5 Å². The lowest BCUT2D eigenvalue weighted by Gasteiger charge is -2.26. The number of hydrogen-bond acceptors (Lipinski definition) is 7. The molecular formula is C23H28N5O4+. The number of benzene rings is 2. The Hall–Kier alpha value is -2.85. The summed E-state index contributed by atoms with van der Waals surface area (Å²) in [5.74, 6) is 0.997. The summed E-state index contributed by atoms with van der Waals surface area (Å²) in [5.41, 5.74) is 2.06. The molecule has 9 nitrogen and oxygen atoms in total. The predicted octanol–water partition coefficient (Wildman–Crippen LogP) is 3.87. The topological polar surface area (TPSA) is 77.9 Å². The van der Waals surface area contributed by atoms with Gasteiger partial charge in [-0.15, -0.1) is 4.91 Å². The molecule has 0 bridgehead atoms. The molecule has 3 heterocycles. The van der Waals surface area contributed by atoms with Gasteiger partial charge in [-0.3, -0.25) is 13.9 Å². The molecule has 0 saturated carbocycles. The number of ether oxygens (including phenoxy) is 3. The van der Waals surface area contributed by atoms with Crippen molar-refractivity contribution in [2.24, 2.45) is 12.2 Å². The molecule has 168 valence electrons. The fourth-order valence-corrected chi connectivity index (χ4v) is 3.89. The van der Waals surface area contributed by atoms with E-state index in [4.69, 9.17) is 14.2 Å². The van der Waals surface area contributed by atoms with Gasteiger partial charge in [-0.25, -0.2) is 4.90 Å². The van der Waals surface area contributed by atoms with Gasteiger partial charge in [-0.2, -0.15) is 5.10 Å². The van der Waals surface area contributed by atoms with Crippen molar-refractivity contribution >= 4 is 16.6 Å². The van der Waals surface area contributed by atoms with Gasteiger partial charge in [-0.1, -0.05) is 6.07 Å². The molecule has 0 amide bonds. The summed E-state index contributed by atoms with van der Waals surface area (Å²) in [6.45, 7) is 6.61. The second kappa shape index (κ2) is 8.25. The second-order valence-electron chi connectivity index (χ2n) is 8.79. The van der Waals surface area contributed by atoms with E-state index in [9.17, 15) is 4.91 Å². The molecule has 2 fully saturated rings. The number of quaternary nitrogens is 1. The zero-order valence-corrected chi connectivity index (χ0v) is 18.6. The van der Waals surface area contributed by atoms with Crippen LogP contribution in [0.15, 0.2) is 47.8 Å². The highest BCUT2D eigenvalue weighted by Gasteiger charge is 2.51. The Kier molecular flexibility index (Phi) is 5.42. The van der Waals surface area contributed by atoms with Gasteiger partial charge in [0, 0.05) is 31.6 Å².